The second-order valence-electron chi connectivity index (χ2n) is 4.52. The monoisotopic (exact) mass is 237 g/mol. The molecule has 0 aliphatic carbocycles. The van der Waals surface area contributed by atoms with Gasteiger partial charge in [0.25, 0.3) is 5.56 Å². The second kappa shape index (κ2) is 5.82. The van der Waals surface area contributed by atoms with Gasteiger partial charge in [0.15, 0.2) is 0 Å². The third kappa shape index (κ3) is 3.85. The van der Waals surface area contributed by atoms with Crippen LogP contribution in [0.2, 0.25) is 0 Å². The first-order valence-corrected chi connectivity index (χ1v) is 6.15. The number of nitrogens with one attached hydrogen (secondary N) is 2. The molecule has 2 rings (SSSR count). The summed E-state index contributed by atoms with van der Waals surface area (Å²) in [4.78, 5) is 17.9. The van der Waals surface area contributed by atoms with Gasteiger partial charge in [0.1, 0.15) is 5.82 Å². The highest BCUT2D eigenvalue weighted by molar-refractivity contribution is 5.07. The molecule has 17 heavy (non-hydrogen) atoms. The summed E-state index contributed by atoms with van der Waals surface area (Å²) < 4.78 is 5.51. The standard InChI is InChI=1S/C12H19N3O2/c1-9-14-11(16)7-12(15-9)17-6-4-10-3-2-5-13-8-10/h7,10,13H,2-6,8H2,1H3,(H,14,15,16). The number of aromatic amines is 1. The van der Waals surface area contributed by atoms with Crippen molar-refractivity contribution in [2.45, 2.75) is 26.2 Å². The fraction of sp³-hybridized carbons (Fsp3) is 0.667. The minimum atomic E-state index is -0.160. The second-order valence-corrected chi connectivity index (χ2v) is 4.52. The molecule has 0 radical (unpaired) electrons. The van der Waals surface area contributed by atoms with E-state index in [4.69, 9.17) is 4.74 Å². The summed E-state index contributed by atoms with van der Waals surface area (Å²) in [5.41, 5.74) is -0.160. The molecular weight excluding hydrogens is 218 g/mol. The highest BCUT2D eigenvalue weighted by Crippen LogP contribution is 2.14. The molecule has 1 aromatic rings. The average molecular weight is 237 g/mol. The third-order valence-corrected chi connectivity index (χ3v) is 3.01. The SMILES string of the molecule is Cc1nc(OCCC2CCCNC2)cc(=O)[nH]1. The van der Waals surface area contributed by atoms with Gasteiger partial charge >= 0.3 is 0 Å². The van der Waals surface area contributed by atoms with E-state index in [-0.39, 0.29) is 5.56 Å². The molecule has 5 heteroatoms. The first-order chi connectivity index (χ1) is 8.24. The molecule has 0 spiro atoms. The van der Waals surface area contributed by atoms with Gasteiger partial charge in [0, 0.05) is 0 Å². The molecule has 1 fully saturated rings. The van der Waals surface area contributed by atoms with Crippen molar-refractivity contribution in [3.63, 3.8) is 0 Å². The summed E-state index contributed by atoms with van der Waals surface area (Å²) in [6, 6.07) is 1.39. The number of piperidine rings is 1. The normalized spacial score (nSPS) is 20.2. The smallest absolute Gasteiger partial charge is 0.254 e. The molecule has 0 aromatic carbocycles. The molecule has 0 saturated carbocycles. The number of H-pyrrole nitrogens is 1. The lowest BCUT2D eigenvalue weighted by molar-refractivity contribution is 0.246. The summed E-state index contributed by atoms with van der Waals surface area (Å²) >= 11 is 0. The van der Waals surface area contributed by atoms with Crippen molar-refractivity contribution in [3.05, 3.63) is 22.2 Å². The van der Waals surface area contributed by atoms with Crippen molar-refractivity contribution < 1.29 is 4.74 Å². The van der Waals surface area contributed by atoms with Crippen LogP contribution in [-0.2, 0) is 0 Å². The Labute approximate surface area is 101 Å². The number of aryl methyl sites for hydroxylation is 1. The van der Waals surface area contributed by atoms with Gasteiger partial charge in [-0.05, 0) is 45.2 Å². The Morgan fingerprint density at radius 3 is 3.18 bits per heavy atom. The Morgan fingerprint density at radius 1 is 1.59 bits per heavy atom. The molecule has 1 aliphatic rings. The number of hydrogen-bond donors (Lipinski definition) is 2. The Kier molecular flexibility index (Phi) is 4.14. The largest absolute Gasteiger partial charge is 0.477 e. The topological polar surface area (TPSA) is 67.0 Å². The summed E-state index contributed by atoms with van der Waals surface area (Å²) in [6.45, 7) is 4.58. The number of nitrogens with zero attached hydrogens (tertiary/aromatic N) is 1. The molecule has 0 amide bonds. The van der Waals surface area contributed by atoms with Crippen LogP contribution in [-0.4, -0.2) is 29.7 Å². The van der Waals surface area contributed by atoms with Crippen LogP contribution in [0.1, 0.15) is 25.1 Å². The highest BCUT2D eigenvalue weighted by atomic mass is 16.5. The van der Waals surface area contributed by atoms with E-state index in [2.05, 4.69) is 15.3 Å². The fourth-order valence-electron chi connectivity index (χ4n) is 2.13. The Morgan fingerprint density at radius 2 is 2.47 bits per heavy atom. The van der Waals surface area contributed by atoms with Crippen molar-refractivity contribution in [2.24, 2.45) is 5.92 Å². The number of aromatic nitrogens is 2. The lowest BCUT2D eigenvalue weighted by Gasteiger charge is -2.22. The van der Waals surface area contributed by atoms with Crippen molar-refractivity contribution >= 4 is 0 Å². The predicted octanol–water partition coefficient (Wildman–Crippen LogP) is 0.847. The van der Waals surface area contributed by atoms with E-state index < -0.39 is 0 Å². The molecule has 94 valence electrons. The van der Waals surface area contributed by atoms with E-state index in [9.17, 15) is 4.79 Å². The van der Waals surface area contributed by atoms with Crippen LogP contribution in [0.15, 0.2) is 10.9 Å². The van der Waals surface area contributed by atoms with Crippen molar-refractivity contribution in [3.8, 4) is 5.88 Å². The first-order valence-electron chi connectivity index (χ1n) is 6.15. The molecule has 2 heterocycles. The zero-order valence-electron chi connectivity index (χ0n) is 10.2. The molecule has 5 nitrogen and oxygen atoms in total. The number of ether oxygens (including phenoxy) is 1. The van der Waals surface area contributed by atoms with E-state index >= 15 is 0 Å². The Bertz CT molecular complexity index is 410. The van der Waals surface area contributed by atoms with Gasteiger partial charge in [-0.25, -0.2) is 4.98 Å². The van der Waals surface area contributed by atoms with E-state index in [0.717, 1.165) is 19.5 Å². The zero-order chi connectivity index (χ0) is 12.1. The molecule has 0 bridgehead atoms. The summed E-state index contributed by atoms with van der Waals surface area (Å²) in [5, 5.41) is 3.38. The lowest BCUT2D eigenvalue weighted by atomic mass is 9.97. The quantitative estimate of drug-likeness (QED) is 0.814. The van der Waals surface area contributed by atoms with E-state index in [0.29, 0.717) is 24.2 Å². The van der Waals surface area contributed by atoms with Crippen LogP contribution in [0.25, 0.3) is 0 Å². The minimum absolute atomic E-state index is 0.160. The van der Waals surface area contributed by atoms with Gasteiger partial charge < -0.3 is 15.0 Å². The van der Waals surface area contributed by atoms with Crippen molar-refractivity contribution in [1.29, 1.82) is 0 Å². The van der Waals surface area contributed by atoms with Crippen molar-refractivity contribution in [2.75, 3.05) is 19.7 Å². The first kappa shape index (κ1) is 12.1. The molecule has 1 unspecified atom stereocenters. The van der Waals surface area contributed by atoms with Crippen LogP contribution in [0.3, 0.4) is 0 Å². The van der Waals surface area contributed by atoms with Gasteiger partial charge in [-0.2, -0.15) is 0 Å². The number of rotatable bonds is 4. The van der Waals surface area contributed by atoms with Gasteiger partial charge in [-0.1, -0.05) is 0 Å². The lowest BCUT2D eigenvalue weighted by Crippen LogP contribution is -2.30. The Balaban J connectivity index is 1.79. The third-order valence-electron chi connectivity index (χ3n) is 3.01. The Hall–Kier alpha value is -1.36. The van der Waals surface area contributed by atoms with Crippen LogP contribution < -0.4 is 15.6 Å². The van der Waals surface area contributed by atoms with Crippen LogP contribution in [0.4, 0.5) is 0 Å². The molecular formula is C12H19N3O2. The minimum Gasteiger partial charge on any atom is -0.477 e. The maximum atomic E-state index is 11.2. The molecule has 1 atom stereocenters. The molecule has 1 saturated heterocycles. The molecule has 1 aliphatic heterocycles. The molecule has 2 N–H and O–H groups in total. The predicted molar refractivity (Wildman–Crippen MR) is 65.3 cm³/mol. The molecule has 1 aromatic heterocycles. The van der Waals surface area contributed by atoms with Gasteiger partial charge in [0.05, 0.1) is 12.7 Å². The van der Waals surface area contributed by atoms with Crippen LogP contribution in [0, 0.1) is 12.8 Å². The maximum Gasteiger partial charge on any atom is 0.254 e. The maximum absolute atomic E-state index is 11.2. The zero-order valence-corrected chi connectivity index (χ0v) is 10.2. The summed E-state index contributed by atoms with van der Waals surface area (Å²) in [7, 11) is 0. The average Bonchev–Trinajstić information content (AvgIpc) is 2.29. The van der Waals surface area contributed by atoms with Gasteiger partial charge in [0.2, 0.25) is 5.88 Å². The van der Waals surface area contributed by atoms with Crippen LogP contribution in [0.5, 0.6) is 5.88 Å². The fourth-order valence-corrected chi connectivity index (χ4v) is 2.13. The van der Waals surface area contributed by atoms with Crippen LogP contribution >= 0.6 is 0 Å². The summed E-state index contributed by atoms with van der Waals surface area (Å²) in [6.07, 6.45) is 3.52. The van der Waals surface area contributed by atoms with E-state index in [1.165, 1.54) is 18.9 Å². The van der Waals surface area contributed by atoms with Gasteiger partial charge in [-0.15, -0.1) is 0 Å². The summed E-state index contributed by atoms with van der Waals surface area (Å²) in [5.74, 6) is 1.70. The van der Waals surface area contributed by atoms with Crippen molar-refractivity contribution in [1.82, 2.24) is 15.3 Å². The van der Waals surface area contributed by atoms with E-state index in [1.54, 1.807) is 6.92 Å². The highest BCUT2D eigenvalue weighted by Gasteiger charge is 2.12. The van der Waals surface area contributed by atoms with Gasteiger partial charge in [-0.3, -0.25) is 4.79 Å². The van der Waals surface area contributed by atoms with E-state index in [1.807, 2.05) is 0 Å². The number of hydrogen-bond acceptors (Lipinski definition) is 4.